The lowest BCUT2D eigenvalue weighted by molar-refractivity contribution is -0.384. The average molecular weight is 459 g/mol. The summed E-state index contributed by atoms with van der Waals surface area (Å²) in [5.74, 6) is -0.191. The van der Waals surface area contributed by atoms with Gasteiger partial charge in [0.25, 0.3) is 11.6 Å². The molecule has 170 valence electrons. The first-order valence-corrected chi connectivity index (χ1v) is 12.2. The molecule has 4 rings (SSSR count). The highest BCUT2D eigenvalue weighted by atomic mass is 32.2. The highest BCUT2D eigenvalue weighted by molar-refractivity contribution is 7.89. The molecule has 2 heterocycles. The minimum Gasteiger partial charge on any atom is -0.368 e. The number of anilines is 1. The zero-order valence-electron chi connectivity index (χ0n) is 17.7. The van der Waals surface area contributed by atoms with Gasteiger partial charge in [0.2, 0.25) is 10.0 Å². The fraction of sp³-hybridized carbons (Fsp3) is 0.409. The van der Waals surface area contributed by atoms with Gasteiger partial charge in [0.1, 0.15) is 0 Å². The molecule has 0 N–H and O–H groups in total. The van der Waals surface area contributed by atoms with Gasteiger partial charge in [-0.2, -0.15) is 4.31 Å². The SMILES string of the molecule is O=C(c1cccc(S(=O)(=O)N2CCCCC2)c1)N1CCN(c2ccc([N+](=O)[O-])cc2)CC1. The summed E-state index contributed by atoms with van der Waals surface area (Å²) in [4.78, 5) is 27.4. The standard InChI is InChI=1S/C22H26N4O5S/c27-22(18-5-4-6-21(17-18)32(30,31)25-11-2-1-3-12-25)24-15-13-23(14-16-24)19-7-9-20(10-8-19)26(28)29/h4-10,17H,1-3,11-16H2. The van der Waals surface area contributed by atoms with Crippen molar-refractivity contribution in [1.82, 2.24) is 9.21 Å². The van der Waals surface area contributed by atoms with E-state index in [0.29, 0.717) is 44.8 Å². The largest absolute Gasteiger partial charge is 0.368 e. The summed E-state index contributed by atoms with van der Waals surface area (Å²) >= 11 is 0. The molecule has 0 unspecified atom stereocenters. The second-order valence-electron chi connectivity index (χ2n) is 8.05. The number of non-ortho nitro benzene ring substituents is 1. The van der Waals surface area contributed by atoms with Gasteiger partial charge in [-0.05, 0) is 43.2 Å². The second-order valence-corrected chi connectivity index (χ2v) is 9.98. The van der Waals surface area contributed by atoms with Crippen molar-refractivity contribution in [3.63, 3.8) is 0 Å². The third kappa shape index (κ3) is 4.61. The van der Waals surface area contributed by atoms with E-state index in [1.54, 1.807) is 35.2 Å². The molecule has 0 aromatic heterocycles. The van der Waals surface area contributed by atoms with Gasteiger partial charge in [0.05, 0.1) is 9.82 Å². The number of sulfonamides is 1. The first-order chi connectivity index (χ1) is 15.4. The van der Waals surface area contributed by atoms with E-state index >= 15 is 0 Å². The molecule has 2 aromatic carbocycles. The van der Waals surface area contributed by atoms with Crippen LogP contribution in [0.2, 0.25) is 0 Å². The number of carbonyl (C=O) groups excluding carboxylic acids is 1. The molecule has 0 radical (unpaired) electrons. The fourth-order valence-corrected chi connectivity index (χ4v) is 5.74. The van der Waals surface area contributed by atoms with Crippen LogP contribution in [0.5, 0.6) is 0 Å². The number of nitrogens with zero attached hydrogens (tertiary/aromatic N) is 4. The maximum Gasteiger partial charge on any atom is 0.269 e. The third-order valence-corrected chi connectivity index (χ3v) is 7.92. The molecule has 0 spiro atoms. The summed E-state index contributed by atoms with van der Waals surface area (Å²) in [5, 5.41) is 10.8. The fourth-order valence-electron chi connectivity index (χ4n) is 4.18. The first kappa shape index (κ1) is 22.2. The Bertz CT molecular complexity index is 1090. The van der Waals surface area contributed by atoms with Crippen LogP contribution in [0, 0.1) is 10.1 Å². The van der Waals surface area contributed by atoms with Gasteiger partial charge in [0, 0.05) is 62.7 Å². The molecule has 2 saturated heterocycles. The molecule has 32 heavy (non-hydrogen) atoms. The normalized spacial score (nSPS) is 17.9. The topological polar surface area (TPSA) is 104 Å². The van der Waals surface area contributed by atoms with Crippen LogP contribution in [0.3, 0.4) is 0 Å². The number of nitro groups is 1. The summed E-state index contributed by atoms with van der Waals surface area (Å²) in [6.45, 7) is 3.19. The number of hydrogen-bond acceptors (Lipinski definition) is 6. The summed E-state index contributed by atoms with van der Waals surface area (Å²) < 4.78 is 27.4. The Hall–Kier alpha value is -2.98. The van der Waals surface area contributed by atoms with Crippen LogP contribution in [0.25, 0.3) is 0 Å². The van der Waals surface area contributed by atoms with Crippen LogP contribution in [-0.2, 0) is 10.0 Å². The minimum atomic E-state index is -3.60. The Balaban J connectivity index is 1.42. The molecule has 2 fully saturated rings. The molecule has 10 heteroatoms. The summed E-state index contributed by atoms with van der Waals surface area (Å²) in [5.41, 5.74) is 1.28. The molecule has 0 saturated carbocycles. The molecule has 0 bridgehead atoms. The lowest BCUT2D eigenvalue weighted by atomic mass is 10.1. The maximum atomic E-state index is 13.0. The summed E-state index contributed by atoms with van der Waals surface area (Å²) in [6, 6.07) is 12.7. The van der Waals surface area contributed by atoms with E-state index in [1.165, 1.54) is 22.5 Å². The van der Waals surface area contributed by atoms with E-state index in [0.717, 1.165) is 24.9 Å². The van der Waals surface area contributed by atoms with Gasteiger partial charge >= 0.3 is 0 Å². The number of amides is 1. The Morgan fingerprint density at radius 1 is 0.875 bits per heavy atom. The van der Waals surface area contributed by atoms with E-state index in [9.17, 15) is 23.3 Å². The van der Waals surface area contributed by atoms with Gasteiger partial charge in [-0.25, -0.2) is 8.42 Å². The van der Waals surface area contributed by atoms with Gasteiger partial charge in [-0.15, -0.1) is 0 Å². The summed E-state index contributed by atoms with van der Waals surface area (Å²) in [6.07, 6.45) is 2.75. The zero-order valence-corrected chi connectivity index (χ0v) is 18.5. The molecule has 0 aliphatic carbocycles. The van der Waals surface area contributed by atoms with E-state index in [4.69, 9.17) is 0 Å². The maximum absolute atomic E-state index is 13.0. The van der Waals surface area contributed by atoms with Crippen LogP contribution in [0.4, 0.5) is 11.4 Å². The van der Waals surface area contributed by atoms with Crippen molar-refractivity contribution in [3.05, 3.63) is 64.2 Å². The van der Waals surface area contributed by atoms with Crippen LogP contribution in [0.15, 0.2) is 53.4 Å². The van der Waals surface area contributed by atoms with Crippen molar-refractivity contribution in [2.75, 3.05) is 44.2 Å². The molecule has 2 aliphatic heterocycles. The van der Waals surface area contributed by atoms with Crippen molar-refractivity contribution in [1.29, 1.82) is 0 Å². The van der Waals surface area contributed by atoms with Crippen molar-refractivity contribution < 1.29 is 18.1 Å². The molecule has 2 aromatic rings. The molecule has 9 nitrogen and oxygen atoms in total. The Kier molecular flexibility index (Phi) is 6.43. The Labute approximate surface area is 187 Å². The number of nitro benzene ring substituents is 1. The molecule has 1 amide bonds. The number of rotatable bonds is 5. The first-order valence-electron chi connectivity index (χ1n) is 10.8. The van der Waals surface area contributed by atoms with E-state index in [1.807, 2.05) is 0 Å². The quantitative estimate of drug-likeness (QED) is 0.504. The Morgan fingerprint density at radius 2 is 1.53 bits per heavy atom. The lowest BCUT2D eigenvalue weighted by Gasteiger charge is -2.36. The number of hydrogen-bond donors (Lipinski definition) is 0. The van der Waals surface area contributed by atoms with Gasteiger partial charge in [-0.3, -0.25) is 14.9 Å². The summed E-state index contributed by atoms with van der Waals surface area (Å²) in [7, 11) is -3.60. The van der Waals surface area contributed by atoms with Crippen LogP contribution in [0.1, 0.15) is 29.6 Å². The number of piperidine rings is 1. The molecular formula is C22H26N4O5S. The Morgan fingerprint density at radius 3 is 2.16 bits per heavy atom. The highest BCUT2D eigenvalue weighted by Gasteiger charge is 2.28. The smallest absolute Gasteiger partial charge is 0.269 e. The molecular weight excluding hydrogens is 432 g/mol. The molecule has 0 atom stereocenters. The zero-order chi connectivity index (χ0) is 22.7. The van der Waals surface area contributed by atoms with E-state index in [2.05, 4.69) is 4.90 Å². The van der Waals surface area contributed by atoms with Gasteiger partial charge < -0.3 is 9.80 Å². The number of benzene rings is 2. The van der Waals surface area contributed by atoms with E-state index < -0.39 is 14.9 Å². The second kappa shape index (κ2) is 9.25. The number of carbonyl (C=O) groups is 1. The van der Waals surface area contributed by atoms with Gasteiger partial charge in [0.15, 0.2) is 0 Å². The van der Waals surface area contributed by atoms with Crippen molar-refractivity contribution in [3.8, 4) is 0 Å². The van der Waals surface area contributed by atoms with E-state index in [-0.39, 0.29) is 16.5 Å². The predicted molar refractivity (Wildman–Crippen MR) is 120 cm³/mol. The van der Waals surface area contributed by atoms with Gasteiger partial charge in [-0.1, -0.05) is 12.5 Å². The van der Waals surface area contributed by atoms with Crippen LogP contribution in [-0.4, -0.2) is 67.7 Å². The predicted octanol–water partition coefficient (Wildman–Crippen LogP) is 2.73. The lowest BCUT2D eigenvalue weighted by Crippen LogP contribution is -2.48. The van der Waals surface area contributed by atoms with Crippen molar-refractivity contribution in [2.24, 2.45) is 0 Å². The van der Waals surface area contributed by atoms with Crippen molar-refractivity contribution in [2.45, 2.75) is 24.2 Å². The van der Waals surface area contributed by atoms with Crippen LogP contribution < -0.4 is 4.90 Å². The van der Waals surface area contributed by atoms with Crippen molar-refractivity contribution >= 4 is 27.3 Å². The third-order valence-electron chi connectivity index (χ3n) is 6.03. The monoisotopic (exact) mass is 458 g/mol. The number of piperazine rings is 1. The van der Waals surface area contributed by atoms with Crippen LogP contribution >= 0.6 is 0 Å². The average Bonchev–Trinajstić information content (AvgIpc) is 2.84. The molecule has 2 aliphatic rings. The highest BCUT2D eigenvalue weighted by Crippen LogP contribution is 2.23. The minimum absolute atomic E-state index is 0.0435.